The number of aromatic amines is 1. The number of ether oxygens (including phenoxy) is 1. The number of imidazole rings is 1. The molecule has 1 aliphatic heterocycles. The molecule has 1 saturated heterocycles. The minimum atomic E-state index is -0.600. The summed E-state index contributed by atoms with van der Waals surface area (Å²) in [6, 6.07) is 5.70. The Kier molecular flexibility index (Phi) is 5.72. The molecule has 0 radical (unpaired) electrons. The van der Waals surface area contributed by atoms with Crippen molar-refractivity contribution in [1.82, 2.24) is 20.3 Å². The van der Waals surface area contributed by atoms with Crippen LogP contribution in [-0.4, -0.2) is 45.3 Å². The fourth-order valence-corrected chi connectivity index (χ4v) is 3.42. The number of halogens is 2. The Bertz CT molecular complexity index is 1040. The van der Waals surface area contributed by atoms with E-state index in [9.17, 15) is 9.60 Å². The van der Waals surface area contributed by atoms with Crippen molar-refractivity contribution in [1.29, 1.82) is 5.41 Å². The Labute approximate surface area is 171 Å². The third kappa shape index (κ3) is 4.23. The molecular weight excluding hydrogens is 399 g/mol. The van der Waals surface area contributed by atoms with E-state index in [2.05, 4.69) is 20.3 Å². The molecule has 0 amide bonds. The first-order valence-corrected chi connectivity index (χ1v) is 9.58. The van der Waals surface area contributed by atoms with Gasteiger partial charge in [-0.2, -0.15) is 0 Å². The molecule has 152 valence electrons. The molecule has 0 saturated carbocycles. The van der Waals surface area contributed by atoms with Crippen LogP contribution in [0.5, 0.6) is 0 Å². The quantitative estimate of drug-likeness (QED) is 0.287. The van der Waals surface area contributed by atoms with Crippen LogP contribution in [0.3, 0.4) is 0 Å². The number of amidine groups is 1. The van der Waals surface area contributed by atoms with Crippen molar-refractivity contribution in [3.8, 4) is 0 Å². The van der Waals surface area contributed by atoms with Crippen LogP contribution in [0.25, 0.3) is 11.2 Å². The third-order valence-electron chi connectivity index (χ3n) is 4.84. The van der Waals surface area contributed by atoms with Gasteiger partial charge in [0.25, 0.3) is 0 Å². The van der Waals surface area contributed by atoms with Gasteiger partial charge in [-0.25, -0.2) is 19.4 Å². The molecule has 1 aliphatic rings. The van der Waals surface area contributed by atoms with Crippen molar-refractivity contribution in [3.63, 3.8) is 0 Å². The normalized spacial score (nSPS) is 15.0. The molecule has 1 fully saturated rings. The summed E-state index contributed by atoms with van der Waals surface area (Å²) in [4.78, 5) is 11.9. The Morgan fingerprint density at radius 1 is 1.38 bits per heavy atom. The van der Waals surface area contributed by atoms with E-state index < -0.39 is 5.82 Å². The zero-order chi connectivity index (χ0) is 20.4. The highest BCUT2D eigenvalue weighted by atomic mass is 35.5. The summed E-state index contributed by atoms with van der Waals surface area (Å²) < 4.78 is 18.7. The Hall–Kier alpha value is -2.59. The number of nitrogens with one attached hydrogen (secondary N) is 3. The molecule has 1 aromatic carbocycles. The molecule has 8 nitrogen and oxygen atoms in total. The van der Waals surface area contributed by atoms with Crippen LogP contribution in [0.15, 0.2) is 30.5 Å². The standard InChI is InChI=1S/C19H20ClFN6O2/c20-14-9-12(1-2-15(14)21)27(28)18(22)13-3-6-23-19-17(13)25-16(26-19)10-24-11-4-7-29-8-5-11/h1-3,6,9,11,22,24,28H,4-5,7-8,10H2,(H,23,25,26). The van der Waals surface area contributed by atoms with Gasteiger partial charge in [0.2, 0.25) is 0 Å². The largest absolute Gasteiger partial charge is 0.381 e. The van der Waals surface area contributed by atoms with Gasteiger partial charge in [-0.3, -0.25) is 10.6 Å². The molecule has 0 aliphatic carbocycles. The number of rotatable bonds is 5. The minimum absolute atomic E-state index is 0.141. The number of benzene rings is 1. The van der Waals surface area contributed by atoms with Crippen molar-refractivity contribution >= 4 is 34.3 Å². The van der Waals surface area contributed by atoms with Gasteiger partial charge in [-0.05, 0) is 37.1 Å². The predicted octanol–water partition coefficient (Wildman–Crippen LogP) is 3.24. The smallest absolute Gasteiger partial charge is 0.178 e. The summed E-state index contributed by atoms with van der Waals surface area (Å²) in [5, 5.41) is 22.8. The summed E-state index contributed by atoms with van der Waals surface area (Å²) in [6.07, 6.45) is 3.43. The summed E-state index contributed by atoms with van der Waals surface area (Å²) in [7, 11) is 0. The van der Waals surface area contributed by atoms with Gasteiger partial charge in [-0.1, -0.05) is 11.6 Å². The van der Waals surface area contributed by atoms with Gasteiger partial charge in [0.05, 0.1) is 22.8 Å². The molecule has 4 rings (SSSR count). The fourth-order valence-electron chi connectivity index (χ4n) is 3.24. The second-order valence-corrected chi connectivity index (χ2v) is 7.17. The van der Waals surface area contributed by atoms with Gasteiger partial charge >= 0.3 is 0 Å². The highest BCUT2D eigenvalue weighted by Crippen LogP contribution is 2.24. The van der Waals surface area contributed by atoms with Crippen molar-refractivity contribution in [2.45, 2.75) is 25.4 Å². The highest BCUT2D eigenvalue weighted by Gasteiger charge is 2.19. The van der Waals surface area contributed by atoms with Gasteiger partial charge in [0.1, 0.15) is 11.6 Å². The van der Waals surface area contributed by atoms with E-state index in [1.165, 1.54) is 18.3 Å². The monoisotopic (exact) mass is 418 g/mol. The number of anilines is 1. The minimum Gasteiger partial charge on any atom is -0.381 e. The molecule has 3 aromatic rings. The maximum Gasteiger partial charge on any atom is 0.178 e. The first kappa shape index (κ1) is 19.7. The highest BCUT2D eigenvalue weighted by molar-refractivity contribution is 6.31. The maximum atomic E-state index is 13.4. The topological polar surface area (TPSA) is 110 Å². The zero-order valence-corrected chi connectivity index (χ0v) is 16.2. The van der Waals surface area contributed by atoms with Crippen molar-refractivity contribution in [2.24, 2.45) is 0 Å². The SMILES string of the molecule is N=C(c1ccnc2nc(CNC3CCOCC3)[nH]c12)N(O)c1ccc(F)c(Cl)c1. The molecule has 10 heteroatoms. The van der Waals surface area contributed by atoms with Crippen LogP contribution in [0.2, 0.25) is 5.02 Å². The molecule has 4 N–H and O–H groups in total. The molecule has 0 unspecified atom stereocenters. The predicted molar refractivity (Wildman–Crippen MR) is 107 cm³/mol. The fraction of sp³-hybridized carbons (Fsp3) is 0.316. The number of fused-ring (bicyclic) bond motifs is 1. The average Bonchev–Trinajstić information content (AvgIpc) is 3.17. The lowest BCUT2D eigenvalue weighted by Crippen LogP contribution is -2.34. The lowest BCUT2D eigenvalue weighted by molar-refractivity contribution is 0.0774. The van der Waals surface area contributed by atoms with Crippen molar-refractivity contribution < 1.29 is 14.3 Å². The summed E-state index contributed by atoms with van der Waals surface area (Å²) >= 11 is 5.78. The lowest BCUT2D eigenvalue weighted by Gasteiger charge is -2.22. The second kappa shape index (κ2) is 8.42. The van der Waals surface area contributed by atoms with E-state index in [1.807, 2.05) is 0 Å². The first-order chi connectivity index (χ1) is 14.0. The van der Waals surface area contributed by atoms with Crippen LogP contribution in [-0.2, 0) is 11.3 Å². The number of pyridine rings is 1. The second-order valence-electron chi connectivity index (χ2n) is 6.77. The lowest BCUT2D eigenvalue weighted by atomic mass is 10.1. The summed E-state index contributed by atoms with van der Waals surface area (Å²) in [6.45, 7) is 2.03. The number of nitrogens with zero attached hydrogens (tertiary/aromatic N) is 3. The molecule has 0 atom stereocenters. The van der Waals surface area contributed by atoms with E-state index in [1.54, 1.807) is 6.07 Å². The number of hydrogen-bond acceptors (Lipinski definition) is 6. The average molecular weight is 419 g/mol. The van der Waals surface area contributed by atoms with E-state index in [-0.39, 0.29) is 16.5 Å². The molecule has 3 heterocycles. The Morgan fingerprint density at radius 3 is 2.93 bits per heavy atom. The molecule has 2 aromatic heterocycles. The van der Waals surface area contributed by atoms with Gasteiger partial charge in [0.15, 0.2) is 11.5 Å². The third-order valence-corrected chi connectivity index (χ3v) is 5.12. The van der Waals surface area contributed by atoms with E-state index >= 15 is 0 Å². The maximum absolute atomic E-state index is 13.4. The number of hydrogen-bond donors (Lipinski definition) is 4. The van der Waals surface area contributed by atoms with Gasteiger partial charge in [-0.15, -0.1) is 0 Å². The number of aromatic nitrogens is 3. The van der Waals surface area contributed by atoms with Crippen LogP contribution < -0.4 is 10.4 Å². The molecule has 29 heavy (non-hydrogen) atoms. The van der Waals surface area contributed by atoms with Crippen LogP contribution >= 0.6 is 11.6 Å². The Morgan fingerprint density at radius 2 is 2.17 bits per heavy atom. The van der Waals surface area contributed by atoms with Crippen LogP contribution in [0.1, 0.15) is 24.2 Å². The van der Waals surface area contributed by atoms with Crippen molar-refractivity contribution in [2.75, 3.05) is 18.3 Å². The van der Waals surface area contributed by atoms with Crippen LogP contribution in [0.4, 0.5) is 10.1 Å². The van der Waals surface area contributed by atoms with Gasteiger partial charge in [0, 0.05) is 31.0 Å². The van der Waals surface area contributed by atoms with Crippen LogP contribution in [0, 0.1) is 11.2 Å². The number of hydroxylamine groups is 1. The summed E-state index contributed by atoms with van der Waals surface area (Å²) in [5.74, 6) is -0.127. The molecular formula is C19H20ClFN6O2. The molecule has 0 spiro atoms. The zero-order valence-electron chi connectivity index (χ0n) is 15.5. The van der Waals surface area contributed by atoms with Gasteiger partial charge < -0.3 is 15.0 Å². The molecule has 0 bridgehead atoms. The van der Waals surface area contributed by atoms with E-state index in [0.29, 0.717) is 40.2 Å². The van der Waals surface area contributed by atoms with Crippen molar-refractivity contribution in [3.05, 3.63) is 52.7 Å². The Balaban J connectivity index is 1.55. The van der Waals surface area contributed by atoms with E-state index in [4.69, 9.17) is 21.7 Å². The number of H-pyrrole nitrogens is 1. The van der Waals surface area contributed by atoms with E-state index in [0.717, 1.165) is 32.1 Å². The summed E-state index contributed by atoms with van der Waals surface area (Å²) in [5.41, 5.74) is 1.56. The first-order valence-electron chi connectivity index (χ1n) is 9.20.